The average Bonchev–Trinajstić information content (AvgIpc) is 3.40. The van der Waals surface area contributed by atoms with Crippen LogP contribution in [0.3, 0.4) is 0 Å². The molecule has 0 aromatic carbocycles. The Morgan fingerprint density at radius 2 is 1.19 bits per heavy atom. The van der Waals surface area contributed by atoms with Crippen molar-refractivity contribution < 1.29 is 14.2 Å². The molecule has 0 aliphatic carbocycles. The highest BCUT2D eigenvalue weighted by atomic mass is 32.1. The van der Waals surface area contributed by atoms with Crippen LogP contribution >= 0.6 is 25.6 Å². The second kappa shape index (κ2) is 20.8. The number of hydrogen-bond acceptors (Lipinski definition) is 9. The molecule has 11 heteroatoms. The van der Waals surface area contributed by atoms with Gasteiger partial charge >= 0.3 is 0 Å². The molecule has 0 amide bonds. The largest absolute Gasteiger partial charge is 0.378 e. The topological polar surface area (TPSA) is 92.6 Å². The third-order valence-corrected chi connectivity index (χ3v) is 4.41. The van der Waals surface area contributed by atoms with E-state index in [0.717, 1.165) is 18.2 Å². The fraction of sp³-hybridized carbons (Fsp3) is 0.700. The zero-order valence-electron chi connectivity index (χ0n) is 19.3. The van der Waals surface area contributed by atoms with Crippen LogP contribution in [-0.4, -0.2) is 75.5 Å². The summed E-state index contributed by atoms with van der Waals surface area (Å²) in [5, 5.41) is 0. The molecular weight excluding hydrogens is 436 g/mol. The Hall–Kier alpha value is -1.08. The molecule has 9 nitrogen and oxygen atoms in total. The Bertz CT molecular complexity index is 600. The van der Waals surface area contributed by atoms with Gasteiger partial charge in [0.15, 0.2) is 0 Å². The summed E-state index contributed by atoms with van der Waals surface area (Å²) in [5.41, 5.74) is 5.34. The molecule has 31 heavy (non-hydrogen) atoms. The van der Waals surface area contributed by atoms with Gasteiger partial charge < -0.3 is 19.9 Å². The van der Waals surface area contributed by atoms with Gasteiger partial charge in [0.05, 0.1) is 52.7 Å². The molecule has 0 saturated carbocycles. The van der Waals surface area contributed by atoms with Gasteiger partial charge in [0, 0.05) is 37.9 Å². The Morgan fingerprint density at radius 3 is 1.58 bits per heavy atom. The van der Waals surface area contributed by atoms with E-state index < -0.39 is 0 Å². The molecule has 0 aliphatic rings. The van der Waals surface area contributed by atoms with E-state index in [-0.39, 0.29) is 0 Å². The van der Waals surface area contributed by atoms with Gasteiger partial charge in [0.25, 0.3) is 0 Å². The van der Waals surface area contributed by atoms with E-state index in [0.29, 0.717) is 59.3 Å². The fourth-order valence-corrected chi connectivity index (χ4v) is 2.66. The van der Waals surface area contributed by atoms with Gasteiger partial charge in [-0.05, 0) is 0 Å². The van der Waals surface area contributed by atoms with E-state index in [1.54, 1.807) is 32.7 Å². The van der Waals surface area contributed by atoms with E-state index in [4.69, 9.17) is 19.9 Å². The first-order valence-corrected chi connectivity index (χ1v) is 11.6. The van der Waals surface area contributed by atoms with Crippen molar-refractivity contribution in [3.05, 3.63) is 36.4 Å². The Labute approximate surface area is 198 Å². The Balaban J connectivity index is 0.00000212. The number of nitrogens with zero attached hydrogens (tertiary/aromatic N) is 5. The summed E-state index contributed by atoms with van der Waals surface area (Å²) < 4.78 is 19.8. The summed E-state index contributed by atoms with van der Waals surface area (Å²) in [6, 6.07) is 0. The summed E-state index contributed by atoms with van der Waals surface area (Å²) in [7, 11) is 0. The Kier molecular flexibility index (Phi) is 20.1. The molecule has 2 aromatic rings. The summed E-state index contributed by atoms with van der Waals surface area (Å²) in [5.74, 6) is 1.72. The van der Waals surface area contributed by atoms with Gasteiger partial charge in [0.2, 0.25) is 0 Å². The van der Waals surface area contributed by atoms with Gasteiger partial charge in [-0.2, -0.15) is 0 Å². The number of aromatic nitrogens is 4. The molecule has 0 radical (unpaired) electrons. The summed E-state index contributed by atoms with van der Waals surface area (Å²) in [6.45, 7) is 13.8. The summed E-state index contributed by atoms with van der Waals surface area (Å²) in [6.07, 6.45) is 7.07. The normalized spacial score (nSPS) is 10.5. The van der Waals surface area contributed by atoms with E-state index in [1.165, 1.54) is 0 Å². The van der Waals surface area contributed by atoms with Crippen LogP contribution in [0.4, 0.5) is 0 Å². The molecule has 0 unspecified atom stereocenters. The molecule has 2 heterocycles. The maximum absolute atomic E-state index is 5.67. The number of imidazole rings is 2. The van der Waals surface area contributed by atoms with Gasteiger partial charge in [-0.3, -0.25) is 12.8 Å². The number of nitrogens with two attached hydrogens (primary N) is 1. The van der Waals surface area contributed by atoms with Crippen molar-refractivity contribution in [2.75, 3.05) is 52.7 Å². The second-order valence-corrected chi connectivity index (χ2v) is 6.57. The molecule has 0 aliphatic heterocycles. The van der Waals surface area contributed by atoms with Gasteiger partial charge in [-0.1, -0.05) is 53.3 Å². The molecule has 2 rings (SSSR count). The van der Waals surface area contributed by atoms with Crippen LogP contribution < -0.4 is 5.73 Å². The van der Waals surface area contributed by atoms with Crippen LogP contribution in [0.15, 0.2) is 24.8 Å². The molecule has 2 aromatic heterocycles. The Morgan fingerprint density at radius 1 is 0.774 bits per heavy atom. The van der Waals surface area contributed by atoms with Crippen LogP contribution in [0, 0.1) is 0 Å². The molecule has 2 N–H and O–H groups in total. The lowest BCUT2D eigenvalue weighted by Crippen LogP contribution is -2.29. The van der Waals surface area contributed by atoms with Gasteiger partial charge in [-0.25, -0.2) is 9.97 Å². The number of rotatable bonds is 15. The highest BCUT2D eigenvalue weighted by Crippen LogP contribution is 2.09. The van der Waals surface area contributed by atoms with E-state index in [9.17, 15) is 0 Å². The summed E-state index contributed by atoms with van der Waals surface area (Å²) >= 11 is 8.73. The van der Waals surface area contributed by atoms with Crippen LogP contribution in [-0.2, 0) is 27.3 Å². The van der Waals surface area contributed by atoms with Crippen molar-refractivity contribution in [3.8, 4) is 0 Å². The smallest absolute Gasteiger partial charge is 0.132 e. The predicted molar refractivity (Wildman–Crippen MR) is 132 cm³/mol. The van der Waals surface area contributed by atoms with E-state index in [2.05, 4.69) is 40.5 Å². The first-order valence-electron chi connectivity index (χ1n) is 10.8. The summed E-state index contributed by atoms with van der Waals surface area (Å²) in [4.78, 5) is 10.8. The van der Waals surface area contributed by atoms with E-state index in [1.807, 2.05) is 27.7 Å². The molecular formula is C20H40N6O3S2. The van der Waals surface area contributed by atoms with Crippen molar-refractivity contribution >= 4 is 25.6 Å². The first-order chi connectivity index (χ1) is 15.2. The minimum atomic E-state index is 0.528. The molecule has 0 saturated heterocycles. The number of hydrogen-bond donors (Lipinski definition) is 3. The van der Waals surface area contributed by atoms with Crippen LogP contribution in [0.25, 0.3) is 0 Å². The quantitative estimate of drug-likeness (QED) is 0.269. The van der Waals surface area contributed by atoms with E-state index >= 15 is 0 Å². The van der Waals surface area contributed by atoms with Crippen LogP contribution in [0.1, 0.15) is 39.3 Å². The average molecular weight is 477 g/mol. The molecule has 0 fully saturated rings. The van der Waals surface area contributed by atoms with Crippen LogP contribution in [0.5, 0.6) is 0 Å². The standard InChI is InChI=1S/C16H28N6O3S2.2C2H6/c17-1-7-23-9-11-25-12-10-24-8-6-20(13-15-18-2-4-21(15)26)14-16-19-3-5-22(16)27;2*1-2/h2-5,26-27H,1,6-14,17H2;2*1-2H3. The van der Waals surface area contributed by atoms with Crippen molar-refractivity contribution in [1.29, 1.82) is 0 Å². The maximum atomic E-state index is 5.67. The lowest BCUT2D eigenvalue weighted by molar-refractivity contribution is 0.0108. The van der Waals surface area contributed by atoms with Crippen LogP contribution in [0.2, 0.25) is 0 Å². The molecule has 0 bridgehead atoms. The lowest BCUT2D eigenvalue weighted by atomic mass is 10.4. The number of ether oxygens (including phenoxy) is 3. The van der Waals surface area contributed by atoms with Gasteiger partial charge in [-0.15, -0.1) is 0 Å². The van der Waals surface area contributed by atoms with Gasteiger partial charge in [0.1, 0.15) is 11.6 Å². The number of thiol groups is 2. The minimum Gasteiger partial charge on any atom is -0.378 e. The van der Waals surface area contributed by atoms with Crippen molar-refractivity contribution in [2.45, 2.75) is 40.8 Å². The third kappa shape index (κ3) is 13.8. The van der Waals surface area contributed by atoms with Crippen molar-refractivity contribution in [1.82, 2.24) is 22.8 Å². The maximum Gasteiger partial charge on any atom is 0.132 e. The second-order valence-electron chi connectivity index (χ2n) is 5.71. The minimum absolute atomic E-state index is 0.528. The fourth-order valence-electron chi connectivity index (χ4n) is 2.31. The predicted octanol–water partition coefficient (Wildman–Crippen LogP) is 2.53. The van der Waals surface area contributed by atoms with Crippen molar-refractivity contribution in [3.63, 3.8) is 0 Å². The first kappa shape index (κ1) is 29.9. The third-order valence-electron chi connectivity index (χ3n) is 3.68. The SMILES string of the molecule is CC.CC.NCCOCCOCCOCCN(Cc1nccn1S)Cc1nccn1S. The molecule has 0 atom stereocenters. The monoisotopic (exact) mass is 476 g/mol. The zero-order chi connectivity index (χ0) is 23.3. The highest BCUT2D eigenvalue weighted by Gasteiger charge is 2.13. The molecule has 0 spiro atoms. The lowest BCUT2D eigenvalue weighted by Gasteiger charge is -2.21. The zero-order valence-corrected chi connectivity index (χ0v) is 21.1. The highest BCUT2D eigenvalue weighted by molar-refractivity contribution is 7.78. The van der Waals surface area contributed by atoms with Crippen molar-refractivity contribution in [2.24, 2.45) is 5.73 Å². The molecule has 180 valence electrons.